The van der Waals surface area contributed by atoms with E-state index in [1.54, 1.807) is 0 Å². The standard InChI is InChI=1S/C21H43BrOSi/c1-21(2,3)24(4,5)23-20-18-16-14-12-10-8-6-7-9-11-13-15-17-19-22/h17,19H,6-16,18,20H2,1-5H3/b19-17+. The van der Waals surface area contributed by atoms with Gasteiger partial charge in [-0.1, -0.05) is 101 Å². The van der Waals surface area contributed by atoms with Crippen molar-refractivity contribution in [2.75, 3.05) is 6.61 Å². The van der Waals surface area contributed by atoms with E-state index < -0.39 is 8.32 Å². The van der Waals surface area contributed by atoms with Crippen molar-refractivity contribution in [2.45, 2.75) is 116 Å². The number of rotatable bonds is 15. The number of allylic oxidation sites excluding steroid dienone is 1. The first-order valence-corrected chi connectivity index (χ1v) is 14.0. The highest BCUT2D eigenvalue weighted by Crippen LogP contribution is 2.36. The van der Waals surface area contributed by atoms with Crippen molar-refractivity contribution in [3.63, 3.8) is 0 Å². The van der Waals surface area contributed by atoms with Gasteiger partial charge in [0.1, 0.15) is 0 Å². The molecule has 0 spiro atoms. The third-order valence-corrected chi connectivity index (χ3v) is 10.3. The molecule has 0 N–H and O–H groups in total. The van der Waals surface area contributed by atoms with Crippen molar-refractivity contribution < 1.29 is 4.43 Å². The minimum atomic E-state index is -1.52. The van der Waals surface area contributed by atoms with Crippen LogP contribution < -0.4 is 0 Å². The van der Waals surface area contributed by atoms with Crippen molar-refractivity contribution in [1.29, 1.82) is 0 Å². The number of unbranched alkanes of at least 4 members (excludes halogenated alkanes) is 11. The Labute approximate surface area is 162 Å². The van der Waals surface area contributed by atoms with Gasteiger partial charge in [0.05, 0.1) is 0 Å². The zero-order valence-electron chi connectivity index (χ0n) is 17.1. The number of hydrogen-bond acceptors (Lipinski definition) is 1. The summed E-state index contributed by atoms with van der Waals surface area (Å²) in [7, 11) is -1.52. The number of hydrogen-bond donors (Lipinski definition) is 0. The van der Waals surface area contributed by atoms with Gasteiger partial charge in [-0.25, -0.2) is 0 Å². The average molecular weight is 420 g/mol. The van der Waals surface area contributed by atoms with E-state index in [1.807, 2.05) is 4.99 Å². The SMILES string of the molecule is CC(C)(C)[Si](C)(C)OCCCCCCCCCCCCC/C=C/Br. The fourth-order valence-electron chi connectivity index (χ4n) is 2.56. The van der Waals surface area contributed by atoms with Crippen molar-refractivity contribution in [3.05, 3.63) is 11.1 Å². The predicted octanol–water partition coefficient (Wildman–Crippen LogP) is 8.60. The number of halogens is 1. The van der Waals surface area contributed by atoms with E-state index in [9.17, 15) is 0 Å². The maximum absolute atomic E-state index is 6.23. The van der Waals surface area contributed by atoms with Gasteiger partial charge in [-0.2, -0.15) is 0 Å². The fraction of sp³-hybridized carbons (Fsp3) is 0.905. The van der Waals surface area contributed by atoms with Gasteiger partial charge in [0.2, 0.25) is 0 Å². The molecule has 0 atom stereocenters. The third kappa shape index (κ3) is 13.7. The molecule has 0 aliphatic rings. The van der Waals surface area contributed by atoms with E-state index in [0.717, 1.165) is 6.61 Å². The average Bonchev–Trinajstić information content (AvgIpc) is 2.50. The van der Waals surface area contributed by atoms with Crippen molar-refractivity contribution in [1.82, 2.24) is 0 Å². The van der Waals surface area contributed by atoms with E-state index in [4.69, 9.17) is 4.43 Å². The Kier molecular flexibility index (Phi) is 14.8. The van der Waals surface area contributed by atoms with Crippen LogP contribution in [0.25, 0.3) is 0 Å². The van der Waals surface area contributed by atoms with Crippen LogP contribution in [-0.2, 0) is 4.43 Å². The second-order valence-corrected chi connectivity index (χ2v) is 14.0. The fourth-order valence-corrected chi connectivity index (χ4v) is 3.91. The molecule has 0 aliphatic heterocycles. The molecule has 0 radical (unpaired) electrons. The van der Waals surface area contributed by atoms with E-state index >= 15 is 0 Å². The van der Waals surface area contributed by atoms with Crippen molar-refractivity contribution in [3.8, 4) is 0 Å². The van der Waals surface area contributed by atoms with Gasteiger partial charge in [0.15, 0.2) is 8.32 Å². The Bertz CT molecular complexity index is 307. The van der Waals surface area contributed by atoms with Gasteiger partial charge in [0, 0.05) is 6.61 Å². The quantitative estimate of drug-likeness (QED) is 0.191. The highest BCUT2D eigenvalue weighted by molar-refractivity contribution is 9.11. The smallest absolute Gasteiger partial charge is 0.191 e. The van der Waals surface area contributed by atoms with E-state index in [1.165, 1.54) is 77.0 Å². The first-order valence-electron chi connectivity index (χ1n) is 10.2. The molecule has 0 saturated heterocycles. The lowest BCUT2D eigenvalue weighted by Crippen LogP contribution is -2.40. The summed E-state index contributed by atoms with van der Waals surface area (Å²) in [6.07, 6.45) is 18.7. The normalized spacial score (nSPS) is 13.1. The highest BCUT2D eigenvalue weighted by atomic mass is 79.9. The molecule has 0 heterocycles. The third-order valence-electron chi connectivity index (χ3n) is 5.37. The lowest BCUT2D eigenvalue weighted by atomic mass is 10.1. The minimum Gasteiger partial charge on any atom is -0.417 e. The summed E-state index contributed by atoms with van der Waals surface area (Å²) in [5, 5.41) is 0.345. The predicted molar refractivity (Wildman–Crippen MR) is 117 cm³/mol. The van der Waals surface area contributed by atoms with Gasteiger partial charge >= 0.3 is 0 Å². The van der Waals surface area contributed by atoms with Crippen LogP contribution in [0.3, 0.4) is 0 Å². The summed E-state index contributed by atoms with van der Waals surface area (Å²) in [5.41, 5.74) is 0. The van der Waals surface area contributed by atoms with E-state index in [-0.39, 0.29) is 0 Å². The van der Waals surface area contributed by atoms with E-state index in [2.05, 4.69) is 55.9 Å². The lowest BCUT2D eigenvalue weighted by Gasteiger charge is -2.36. The Morgan fingerprint density at radius 1 is 0.750 bits per heavy atom. The van der Waals surface area contributed by atoms with Crippen LogP contribution in [0, 0.1) is 0 Å². The zero-order chi connectivity index (χ0) is 18.3. The van der Waals surface area contributed by atoms with Crippen molar-refractivity contribution in [2.24, 2.45) is 0 Å². The zero-order valence-corrected chi connectivity index (χ0v) is 19.7. The van der Waals surface area contributed by atoms with Crippen LogP contribution >= 0.6 is 15.9 Å². The lowest BCUT2D eigenvalue weighted by molar-refractivity contribution is 0.277. The highest BCUT2D eigenvalue weighted by Gasteiger charge is 2.36. The first kappa shape index (κ1) is 24.4. The molecule has 0 rings (SSSR count). The topological polar surface area (TPSA) is 9.23 Å². The Hall–Kier alpha value is 0.397. The molecule has 144 valence electrons. The summed E-state index contributed by atoms with van der Waals surface area (Å²) in [6.45, 7) is 12.6. The van der Waals surface area contributed by atoms with Gasteiger partial charge in [-0.05, 0) is 42.4 Å². The molecule has 0 aromatic rings. The molecule has 0 unspecified atom stereocenters. The summed E-state index contributed by atoms with van der Waals surface area (Å²) >= 11 is 3.32. The summed E-state index contributed by atoms with van der Waals surface area (Å²) in [5.74, 6) is 0. The van der Waals surface area contributed by atoms with E-state index in [0.29, 0.717) is 5.04 Å². The van der Waals surface area contributed by atoms with Crippen LogP contribution in [0.2, 0.25) is 18.1 Å². The van der Waals surface area contributed by atoms with Gasteiger partial charge in [0.25, 0.3) is 0 Å². The van der Waals surface area contributed by atoms with Crippen LogP contribution in [0.4, 0.5) is 0 Å². The van der Waals surface area contributed by atoms with Crippen LogP contribution in [-0.4, -0.2) is 14.9 Å². The summed E-state index contributed by atoms with van der Waals surface area (Å²) in [4.78, 5) is 1.98. The molecule has 0 aromatic carbocycles. The molecule has 0 amide bonds. The van der Waals surface area contributed by atoms with Gasteiger partial charge in [-0.3, -0.25) is 0 Å². The first-order chi connectivity index (χ1) is 11.3. The van der Waals surface area contributed by atoms with Crippen LogP contribution in [0.1, 0.15) is 97.8 Å². The van der Waals surface area contributed by atoms with Gasteiger partial charge in [-0.15, -0.1) is 0 Å². The molecule has 1 nitrogen and oxygen atoms in total. The molecular formula is C21H43BrOSi. The molecule has 3 heteroatoms. The molecular weight excluding hydrogens is 376 g/mol. The molecule has 0 bridgehead atoms. The molecule has 24 heavy (non-hydrogen) atoms. The van der Waals surface area contributed by atoms with Gasteiger partial charge < -0.3 is 4.43 Å². The molecule has 0 aliphatic carbocycles. The minimum absolute atomic E-state index is 0.345. The molecule has 0 saturated carbocycles. The maximum atomic E-state index is 6.23. The monoisotopic (exact) mass is 418 g/mol. The second kappa shape index (κ2) is 14.6. The molecule has 0 fully saturated rings. The Balaban J connectivity index is 3.26. The second-order valence-electron chi connectivity index (χ2n) is 8.65. The Morgan fingerprint density at radius 2 is 1.17 bits per heavy atom. The maximum Gasteiger partial charge on any atom is 0.191 e. The molecule has 0 aromatic heterocycles. The summed E-state index contributed by atoms with van der Waals surface area (Å²) < 4.78 is 6.23. The van der Waals surface area contributed by atoms with Crippen LogP contribution in [0.15, 0.2) is 11.1 Å². The largest absolute Gasteiger partial charge is 0.417 e. The Morgan fingerprint density at radius 3 is 1.58 bits per heavy atom. The summed E-state index contributed by atoms with van der Waals surface area (Å²) in [6, 6.07) is 0. The van der Waals surface area contributed by atoms with Crippen LogP contribution in [0.5, 0.6) is 0 Å². The van der Waals surface area contributed by atoms with Crippen molar-refractivity contribution >= 4 is 24.2 Å².